The van der Waals surface area contributed by atoms with Crippen LogP contribution in [0.5, 0.6) is 0 Å². The zero-order chi connectivity index (χ0) is 10.6. The minimum Gasteiger partial charge on any atom is -0.394 e. The van der Waals surface area contributed by atoms with Crippen LogP contribution in [0.25, 0.3) is 0 Å². The normalized spacial score (nSPS) is 12.5. The molecule has 1 rings (SSSR count). The number of nitrogens with zero attached hydrogens (tertiary/aromatic N) is 1. The number of aliphatic hydroxyl groups excluding tert-OH is 2. The lowest BCUT2D eigenvalue weighted by Crippen LogP contribution is -2.33. The molecule has 3 N–H and O–H groups in total. The zero-order valence-electron chi connectivity index (χ0n) is 7.11. The predicted octanol–water partition coefficient (Wildman–Crippen LogP) is -0.169. The number of carbonyl (C=O) groups is 1. The fraction of sp³-hybridized carbons (Fsp3) is 0.429. The number of amides is 1. The lowest BCUT2D eigenvalue weighted by Gasteiger charge is -2.06. The van der Waals surface area contributed by atoms with Crippen molar-refractivity contribution in [2.75, 3.05) is 13.2 Å². The van der Waals surface area contributed by atoms with E-state index >= 15 is 0 Å². The Morgan fingerprint density at radius 1 is 1.79 bits per heavy atom. The Kier molecular flexibility index (Phi) is 4.72. The number of thiazole rings is 1. The summed E-state index contributed by atoms with van der Waals surface area (Å²) in [6.45, 7) is -0.332. The summed E-state index contributed by atoms with van der Waals surface area (Å²) in [5.74, 6) is -0.328. The molecule has 78 valence electrons. The molecule has 0 radical (unpaired) electrons. The van der Waals surface area contributed by atoms with Crippen molar-refractivity contribution in [2.24, 2.45) is 0 Å². The predicted molar refractivity (Wildman–Crippen MR) is 60.3 cm³/mol. The van der Waals surface area contributed by atoms with Crippen molar-refractivity contribution in [3.05, 3.63) is 14.1 Å². The van der Waals surface area contributed by atoms with Crippen LogP contribution in [0, 0.1) is 2.88 Å². The van der Waals surface area contributed by atoms with Crippen molar-refractivity contribution in [2.45, 2.75) is 6.10 Å². The summed E-state index contributed by atoms with van der Waals surface area (Å²) in [5.41, 5.74) is 0. The summed E-state index contributed by atoms with van der Waals surface area (Å²) in [6.07, 6.45) is 0.681. The van der Waals surface area contributed by atoms with E-state index in [1.807, 2.05) is 0 Å². The topological polar surface area (TPSA) is 82.5 Å². The molecule has 14 heavy (non-hydrogen) atoms. The number of hydrogen-bond donors (Lipinski definition) is 3. The number of rotatable bonds is 4. The molecule has 1 amide bonds. The average Bonchev–Trinajstić information content (AvgIpc) is 2.60. The molecule has 1 aromatic heterocycles. The van der Waals surface area contributed by atoms with E-state index in [1.165, 1.54) is 11.3 Å². The minimum atomic E-state index is -0.919. The Labute approximate surface area is 98.3 Å². The van der Waals surface area contributed by atoms with Gasteiger partial charge in [-0.15, -0.1) is 11.3 Å². The molecule has 0 aliphatic heterocycles. The maximum absolute atomic E-state index is 11.3. The van der Waals surface area contributed by atoms with Crippen molar-refractivity contribution in [1.82, 2.24) is 10.3 Å². The first-order valence-corrected chi connectivity index (χ1v) is 5.71. The van der Waals surface area contributed by atoms with Crippen LogP contribution < -0.4 is 5.32 Å². The van der Waals surface area contributed by atoms with E-state index < -0.39 is 6.10 Å². The van der Waals surface area contributed by atoms with Crippen molar-refractivity contribution >= 4 is 39.8 Å². The van der Waals surface area contributed by atoms with Crippen LogP contribution in [0.15, 0.2) is 6.20 Å². The lowest BCUT2D eigenvalue weighted by atomic mass is 10.4. The van der Waals surface area contributed by atoms with Gasteiger partial charge in [0.2, 0.25) is 0 Å². The molecule has 0 saturated heterocycles. The third-order valence-electron chi connectivity index (χ3n) is 1.38. The largest absolute Gasteiger partial charge is 0.394 e. The van der Waals surface area contributed by atoms with Crippen LogP contribution in [-0.2, 0) is 0 Å². The van der Waals surface area contributed by atoms with Gasteiger partial charge in [-0.05, 0) is 22.6 Å². The molecular weight excluding hydrogens is 319 g/mol. The first-order chi connectivity index (χ1) is 6.63. The SMILES string of the molecule is O=C(NCC(O)CO)c1ncc(I)s1. The summed E-state index contributed by atoms with van der Waals surface area (Å²) in [7, 11) is 0. The van der Waals surface area contributed by atoms with E-state index in [2.05, 4.69) is 32.9 Å². The summed E-state index contributed by atoms with van der Waals surface area (Å²) >= 11 is 3.34. The van der Waals surface area contributed by atoms with Crippen LogP contribution in [0.4, 0.5) is 0 Å². The lowest BCUT2D eigenvalue weighted by molar-refractivity contribution is 0.0802. The van der Waals surface area contributed by atoms with E-state index in [0.717, 1.165) is 2.88 Å². The second-order valence-electron chi connectivity index (χ2n) is 2.52. The molecule has 1 heterocycles. The van der Waals surface area contributed by atoms with Crippen molar-refractivity contribution in [3.63, 3.8) is 0 Å². The number of aliphatic hydroxyl groups is 2. The zero-order valence-corrected chi connectivity index (χ0v) is 10.1. The van der Waals surface area contributed by atoms with Gasteiger partial charge in [-0.1, -0.05) is 0 Å². The van der Waals surface area contributed by atoms with Crippen LogP contribution in [0.2, 0.25) is 0 Å². The van der Waals surface area contributed by atoms with Gasteiger partial charge in [0.25, 0.3) is 5.91 Å². The molecule has 0 saturated carbocycles. The fourth-order valence-electron chi connectivity index (χ4n) is 0.710. The molecule has 0 aliphatic rings. The summed E-state index contributed by atoms with van der Waals surface area (Å²) in [6, 6.07) is 0. The van der Waals surface area contributed by atoms with E-state index in [1.54, 1.807) is 6.20 Å². The molecule has 1 atom stereocenters. The van der Waals surface area contributed by atoms with Crippen LogP contribution >= 0.6 is 33.9 Å². The fourth-order valence-corrected chi connectivity index (χ4v) is 2.04. The number of nitrogens with one attached hydrogen (secondary N) is 1. The monoisotopic (exact) mass is 328 g/mol. The Hall–Kier alpha value is -0.250. The number of carbonyl (C=O) groups excluding carboxylic acids is 1. The molecule has 0 bridgehead atoms. The summed E-state index contributed by atoms with van der Waals surface area (Å²) < 4.78 is 0.926. The maximum atomic E-state index is 11.3. The summed E-state index contributed by atoms with van der Waals surface area (Å²) in [4.78, 5) is 15.2. The van der Waals surface area contributed by atoms with Crippen LogP contribution in [0.3, 0.4) is 0 Å². The highest BCUT2D eigenvalue weighted by molar-refractivity contribution is 14.1. The summed E-state index contributed by atoms with van der Waals surface area (Å²) in [5, 5.41) is 20.3. The van der Waals surface area contributed by atoms with Gasteiger partial charge in [0.15, 0.2) is 5.01 Å². The molecule has 1 unspecified atom stereocenters. The van der Waals surface area contributed by atoms with Gasteiger partial charge in [-0.25, -0.2) is 4.98 Å². The molecule has 5 nitrogen and oxygen atoms in total. The molecular formula is C7H9IN2O3S. The van der Waals surface area contributed by atoms with Crippen molar-refractivity contribution in [1.29, 1.82) is 0 Å². The number of halogens is 1. The molecule has 0 fully saturated rings. The second-order valence-corrected chi connectivity index (χ2v) is 5.44. The van der Waals surface area contributed by atoms with Crippen molar-refractivity contribution in [3.8, 4) is 0 Å². The molecule has 0 spiro atoms. The van der Waals surface area contributed by atoms with Crippen molar-refractivity contribution < 1.29 is 15.0 Å². The Morgan fingerprint density at radius 3 is 3.00 bits per heavy atom. The van der Waals surface area contributed by atoms with E-state index in [0.29, 0.717) is 5.01 Å². The first kappa shape index (κ1) is 11.8. The average molecular weight is 328 g/mol. The van der Waals surface area contributed by atoms with Gasteiger partial charge in [0.05, 0.1) is 21.8 Å². The van der Waals surface area contributed by atoms with E-state index in [4.69, 9.17) is 10.2 Å². The molecule has 1 aromatic rings. The Bertz CT molecular complexity index is 318. The molecule has 7 heteroatoms. The quantitative estimate of drug-likeness (QED) is 0.671. The van der Waals surface area contributed by atoms with Gasteiger partial charge >= 0.3 is 0 Å². The third-order valence-corrected chi connectivity index (χ3v) is 3.10. The van der Waals surface area contributed by atoms with Crippen LogP contribution in [0.1, 0.15) is 9.80 Å². The Balaban J connectivity index is 2.43. The minimum absolute atomic E-state index is 0.0332. The highest BCUT2D eigenvalue weighted by Gasteiger charge is 2.11. The highest BCUT2D eigenvalue weighted by Crippen LogP contribution is 2.14. The van der Waals surface area contributed by atoms with Gasteiger partial charge in [-0.2, -0.15) is 0 Å². The number of hydrogen-bond acceptors (Lipinski definition) is 5. The van der Waals surface area contributed by atoms with Gasteiger partial charge in [-0.3, -0.25) is 4.79 Å². The van der Waals surface area contributed by atoms with E-state index in [9.17, 15) is 4.79 Å². The number of aromatic nitrogens is 1. The van der Waals surface area contributed by atoms with Gasteiger partial charge in [0.1, 0.15) is 0 Å². The maximum Gasteiger partial charge on any atom is 0.280 e. The molecule has 0 aromatic carbocycles. The van der Waals surface area contributed by atoms with Gasteiger partial charge < -0.3 is 15.5 Å². The second kappa shape index (κ2) is 5.59. The van der Waals surface area contributed by atoms with Crippen LogP contribution in [-0.4, -0.2) is 40.4 Å². The highest BCUT2D eigenvalue weighted by atomic mass is 127. The first-order valence-electron chi connectivity index (χ1n) is 3.82. The Morgan fingerprint density at radius 2 is 2.50 bits per heavy atom. The molecule has 0 aliphatic carbocycles. The van der Waals surface area contributed by atoms with E-state index in [-0.39, 0.29) is 19.1 Å². The smallest absolute Gasteiger partial charge is 0.280 e. The standard InChI is InChI=1S/C7H9IN2O3S/c8-5-2-10-7(14-5)6(13)9-1-4(12)3-11/h2,4,11-12H,1,3H2,(H,9,13). The third kappa shape index (κ3) is 3.48. The van der Waals surface area contributed by atoms with Gasteiger partial charge in [0, 0.05) is 6.54 Å².